The van der Waals surface area contributed by atoms with Gasteiger partial charge >= 0.3 is 0 Å². The molecule has 1 heterocycles. The Morgan fingerprint density at radius 1 is 1.16 bits per heavy atom. The summed E-state index contributed by atoms with van der Waals surface area (Å²) in [5.74, 6) is 0.115. The normalized spacial score (nSPS) is 18.1. The van der Waals surface area contributed by atoms with Crippen LogP contribution in [0, 0.1) is 5.41 Å². The molecule has 37 heavy (non-hydrogen) atoms. The third-order valence-corrected chi connectivity index (χ3v) is 6.72. The van der Waals surface area contributed by atoms with Gasteiger partial charge in [0.25, 0.3) is 0 Å². The number of allylic oxidation sites excluding steroid dienone is 9. The Hall–Kier alpha value is -3.84. The zero-order chi connectivity index (χ0) is 26.7. The molecule has 0 radical (unpaired) electrons. The molecule has 2 aliphatic carbocycles. The summed E-state index contributed by atoms with van der Waals surface area (Å²) in [6.07, 6.45) is 9.77. The van der Waals surface area contributed by atoms with Crippen molar-refractivity contribution < 1.29 is 13.6 Å². The van der Waals surface area contributed by atoms with Crippen molar-refractivity contribution in [1.82, 2.24) is 5.32 Å². The molecular weight excluding hydrogens is 469 g/mol. The highest BCUT2D eigenvalue weighted by molar-refractivity contribution is 6.12. The molecule has 1 aromatic heterocycles. The average Bonchev–Trinajstić information content (AvgIpc) is 2.88. The lowest BCUT2D eigenvalue weighted by atomic mass is 9.89. The molecule has 0 saturated carbocycles. The SMILES string of the molecule is C/C(NC(C)c1oc2ccccc2c(=O)c1C1=CCCC(F)=C1)=C(/C(=N)C1=CC(C=O)=CCC1)C(C)N. The number of para-hydroxylation sites is 1. The van der Waals surface area contributed by atoms with Gasteiger partial charge in [-0.2, -0.15) is 0 Å². The number of rotatable bonds is 8. The number of aldehydes is 1. The number of fused-ring (bicyclic) bond motifs is 1. The van der Waals surface area contributed by atoms with E-state index in [1.807, 2.05) is 32.9 Å². The van der Waals surface area contributed by atoms with E-state index < -0.39 is 12.1 Å². The fraction of sp³-hybridized carbons (Fsp3) is 0.300. The highest BCUT2D eigenvalue weighted by atomic mass is 19.1. The van der Waals surface area contributed by atoms with Crippen LogP contribution in [0.4, 0.5) is 4.39 Å². The molecule has 7 heteroatoms. The van der Waals surface area contributed by atoms with E-state index >= 15 is 0 Å². The van der Waals surface area contributed by atoms with E-state index in [1.54, 1.807) is 30.3 Å². The first-order chi connectivity index (χ1) is 17.7. The molecule has 1 aromatic carbocycles. The largest absolute Gasteiger partial charge is 0.458 e. The Morgan fingerprint density at radius 2 is 1.89 bits per heavy atom. The molecule has 0 aliphatic heterocycles. The van der Waals surface area contributed by atoms with Crippen LogP contribution >= 0.6 is 0 Å². The third kappa shape index (κ3) is 5.47. The Bertz CT molecular complexity index is 1470. The monoisotopic (exact) mass is 501 g/mol. The first-order valence-electron chi connectivity index (χ1n) is 12.5. The molecule has 0 spiro atoms. The first-order valence-corrected chi connectivity index (χ1v) is 12.5. The van der Waals surface area contributed by atoms with Crippen molar-refractivity contribution in [3.63, 3.8) is 0 Å². The second-order valence-electron chi connectivity index (χ2n) is 9.55. The molecule has 4 N–H and O–H groups in total. The lowest BCUT2D eigenvalue weighted by Gasteiger charge is -2.24. The molecule has 2 atom stereocenters. The molecule has 0 amide bonds. The van der Waals surface area contributed by atoms with Gasteiger partial charge in [0.15, 0.2) is 0 Å². The summed E-state index contributed by atoms with van der Waals surface area (Å²) in [5.41, 5.74) is 10.2. The molecule has 0 bridgehead atoms. The summed E-state index contributed by atoms with van der Waals surface area (Å²) in [5, 5.41) is 12.7. The zero-order valence-electron chi connectivity index (χ0n) is 21.4. The maximum Gasteiger partial charge on any atom is 0.200 e. The second kappa shape index (κ2) is 11.0. The van der Waals surface area contributed by atoms with Crippen molar-refractivity contribution in [2.45, 2.75) is 58.5 Å². The van der Waals surface area contributed by atoms with Crippen LogP contribution in [-0.4, -0.2) is 18.0 Å². The van der Waals surface area contributed by atoms with Gasteiger partial charge in [-0.15, -0.1) is 0 Å². The topological polar surface area (TPSA) is 109 Å². The number of hydrogen-bond acceptors (Lipinski definition) is 6. The number of halogens is 1. The Morgan fingerprint density at radius 3 is 2.59 bits per heavy atom. The van der Waals surface area contributed by atoms with Crippen LogP contribution in [0.25, 0.3) is 16.5 Å². The average molecular weight is 502 g/mol. The van der Waals surface area contributed by atoms with Gasteiger partial charge in [-0.3, -0.25) is 9.59 Å². The van der Waals surface area contributed by atoms with Crippen LogP contribution in [0.15, 0.2) is 86.0 Å². The Kier molecular flexibility index (Phi) is 7.83. The van der Waals surface area contributed by atoms with Gasteiger partial charge in [-0.05, 0) is 75.5 Å². The van der Waals surface area contributed by atoms with Crippen molar-refractivity contribution in [2.24, 2.45) is 5.73 Å². The quantitative estimate of drug-likeness (QED) is 0.305. The van der Waals surface area contributed by atoms with Crippen LogP contribution in [0.3, 0.4) is 0 Å². The smallest absolute Gasteiger partial charge is 0.200 e. The van der Waals surface area contributed by atoms with Crippen LogP contribution in [0.2, 0.25) is 0 Å². The van der Waals surface area contributed by atoms with Crippen LogP contribution < -0.4 is 16.5 Å². The van der Waals surface area contributed by atoms with Gasteiger partial charge in [0.05, 0.1) is 22.7 Å². The molecule has 2 aliphatic rings. The second-order valence-corrected chi connectivity index (χ2v) is 9.55. The maximum absolute atomic E-state index is 14.2. The summed E-state index contributed by atoms with van der Waals surface area (Å²) < 4.78 is 20.5. The van der Waals surface area contributed by atoms with Crippen molar-refractivity contribution >= 4 is 28.5 Å². The van der Waals surface area contributed by atoms with Crippen molar-refractivity contribution in [3.05, 3.63) is 98.4 Å². The number of carbonyl (C=O) groups is 1. The van der Waals surface area contributed by atoms with Crippen LogP contribution in [0.1, 0.15) is 63.8 Å². The van der Waals surface area contributed by atoms with E-state index in [1.165, 1.54) is 6.08 Å². The Labute approximate surface area is 215 Å². The third-order valence-electron chi connectivity index (χ3n) is 6.72. The number of carbonyl (C=O) groups excluding carboxylic acids is 1. The fourth-order valence-corrected chi connectivity index (χ4v) is 4.98. The molecular formula is C30H32FN3O3. The minimum atomic E-state index is -0.487. The van der Waals surface area contributed by atoms with Gasteiger partial charge in [0, 0.05) is 29.3 Å². The van der Waals surface area contributed by atoms with Crippen molar-refractivity contribution in [1.29, 1.82) is 5.41 Å². The number of nitrogens with two attached hydrogens (primary N) is 1. The highest BCUT2D eigenvalue weighted by Gasteiger charge is 2.25. The molecule has 6 nitrogen and oxygen atoms in total. The summed E-state index contributed by atoms with van der Waals surface area (Å²) >= 11 is 0. The van der Waals surface area contributed by atoms with Gasteiger partial charge in [-0.25, -0.2) is 4.39 Å². The fourth-order valence-electron chi connectivity index (χ4n) is 4.98. The molecule has 192 valence electrons. The lowest BCUT2D eigenvalue weighted by Crippen LogP contribution is -2.31. The molecule has 4 rings (SSSR count). The molecule has 0 fully saturated rings. The van der Waals surface area contributed by atoms with E-state index in [-0.39, 0.29) is 17.0 Å². The van der Waals surface area contributed by atoms with Gasteiger partial charge < -0.3 is 20.9 Å². The van der Waals surface area contributed by atoms with E-state index in [0.717, 1.165) is 11.9 Å². The molecule has 2 aromatic rings. The van der Waals surface area contributed by atoms with E-state index in [4.69, 9.17) is 15.6 Å². The number of nitrogens with one attached hydrogen (secondary N) is 2. The van der Waals surface area contributed by atoms with Crippen molar-refractivity contribution in [2.75, 3.05) is 0 Å². The molecule has 0 saturated heterocycles. The van der Waals surface area contributed by atoms with E-state index in [2.05, 4.69) is 5.32 Å². The highest BCUT2D eigenvalue weighted by Crippen LogP contribution is 2.32. The van der Waals surface area contributed by atoms with E-state index in [0.29, 0.717) is 70.4 Å². The summed E-state index contributed by atoms with van der Waals surface area (Å²) in [4.78, 5) is 24.8. The van der Waals surface area contributed by atoms with Crippen LogP contribution in [0.5, 0.6) is 0 Å². The summed E-state index contributed by atoms with van der Waals surface area (Å²) in [6.45, 7) is 5.50. The minimum Gasteiger partial charge on any atom is -0.458 e. The Balaban J connectivity index is 1.78. The maximum atomic E-state index is 14.2. The van der Waals surface area contributed by atoms with Crippen molar-refractivity contribution in [3.8, 4) is 0 Å². The van der Waals surface area contributed by atoms with E-state index in [9.17, 15) is 14.0 Å². The summed E-state index contributed by atoms with van der Waals surface area (Å²) in [6, 6.07) is 6.07. The van der Waals surface area contributed by atoms with Crippen LogP contribution in [-0.2, 0) is 4.79 Å². The predicted molar refractivity (Wildman–Crippen MR) is 146 cm³/mol. The van der Waals surface area contributed by atoms with Gasteiger partial charge in [0.1, 0.15) is 23.5 Å². The van der Waals surface area contributed by atoms with Gasteiger partial charge in [-0.1, -0.05) is 24.3 Å². The number of benzene rings is 1. The lowest BCUT2D eigenvalue weighted by molar-refractivity contribution is -0.104. The first kappa shape index (κ1) is 26.2. The standard InChI is InChI=1S/C30H32FN3O3/c1-17(32)26(28(33)22-10-6-8-20(14-22)16-35)18(2)34-19(3)30-27(21-9-7-11-23(31)15-21)29(36)24-12-4-5-13-25(24)37-30/h4-5,8-9,12-17,19,33-34H,6-7,10-11,32H2,1-3H3/b26-18-,33-28?. The molecule has 2 unspecified atom stereocenters. The minimum absolute atomic E-state index is 0.218. The summed E-state index contributed by atoms with van der Waals surface area (Å²) in [7, 11) is 0. The predicted octanol–water partition coefficient (Wildman–Crippen LogP) is 5.96. The van der Waals surface area contributed by atoms with Gasteiger partial charge in [0.2, 0.25) is 5.43 Å². The zero-order valence-corrected chi connectivity index (χ0v) is 21.4. The number of hydrogen-bond donors (Lipinski definition) is 3.